The fourth-order valence-corrected chi connectivity index (χ4v) is 3.19. The van der Waals surface area contributed by atoms with E-state index in [9.17, 15) is 4.79 Å². The summed E-state index contributed by atoms with van der Waals surface area (Å²) < 4.78 is 5.36. The van der Waals surface area contributed by atoms with Gasteiger partial charge in [0.15, 0.2) is 0 Å². The van der Waals surface area contributed by atoms with Crippen LogP contribution in [0.25, 0.3) is 0 Å². The molecule has 104 valence electrons. The number of carbonyl (C=O) groups excluding carboxylic acids is 1. The maximum atomic E-state index is 12.0. The van der Waals surface area contributed by atoms with Gasteiger partial charge in [0.2, 0.25) is 5.91 Å². The summed E-state index contributed by atoms with van der Waals surface area (Å²) in [5.74, 6) is 1.42. The maximum absolute atomic E-state index is 12.0. The normalized spacial score (nSPS) is 33.1. The second kappa shape index (κ2) is 7.10. The summed E-state index contributed by atoms with van der Waals surface area (Å²) in [7, 11) is 0. The molecule has 1 aliphatic carbocycles. The summed E-state index contributed by atoms with van der Waals surface area (Å²) in [6.07, 6.45) is 6.99. The van der Waals surface area contributed by atoms with Crippen LogP contribution in [0.15, 0.2) is 0 Å². The Morgan fingerprint density at radius 2 is 1.94 bits per heavy atom. The summed E-state index contributed by atoms with van der Waals surface area (Å²) in [4.78, 5) is 12.0. The Bertz CT molecular complexity index is 265. The monoisotopic (exact) mass is 254 g/mol. The molecule has 2 fully saturated rings. The lowest BCUT2D eigenvalue weighted by Crippen LogP contribution is -2.41. The van der Waals surface area contributed by atoms with Gasteiger partial charge < -0.3 is 15.8 Å². The highest BCUT2D eigenvalue weighted by Crippen LogP contribution is 2.28. The number of rotatable bonds is 4. The third-order valence-electron chi connectivity index (χ3n) is 4.44. The second-order valence-corrected chi connectivity index (χ2v) is 5.70. The van der Waals surface area contributed by atoms with Crippen molar-refractivity contribution < 1.29 is 9.53 Å². The van der Waals surface area contributed by atoms with Crippen molar-refractivity contribution in [3.05, 3.63) is 0 Å². The lowest BCUT2D eigenvalue weighted by atomic mass is 9.79. The lowest BCUT2D eigenvalue weighted by Gasteiger charge is -2.31. The van der Waals surface area contributed by atoms with E-state index >= 15 is 0 Å². The van der Waals surface area contributed by atoms with Crippen LogP contribution in [0.5, 0.6) is 0 Å². The van der Waals surface area contributed by atoms with Crippen molar-refractivity contribution in [3.63, 3.8) is 0 Å². The van der Waals surface area contributed by atoms with Crippen LogP contribution in [0.2, 0.25) is 0 Å². The molecule has 4 nitrogen and oxygen atoms in total. The minimum Gasteiger partial charge on any atom is -0.381 e. The highest BCUT2D eigenvalue weighted by molar-refractivity contribution is 5.78. The standard InChI is InChI=1S/C14H26N2O2/c15-8-11-4-1-2-5-12(11)9-16-14(17)13-6-3-7-18-10-13/h11-13H,1-10,15H2,(H,16,17). The molecule has 2 aliphatic rings. The van der Waals surface area contributed by atoms with Crippen LogP contribution in [-0.4, -0.2) is 32.2 Å². The van der Waals surface area contributed by atoms with Gasteiger partial charge in [0, 0.05) is 13.2 Å². The van der Waals surface area contributed by atoms with Crippen LogP contribution >= 0.6 is 0 Å². The zero-order chi connectivity index (χ0) is 12.8. The Labute approximate surface area is 110 Å². The number of carbonyl (C=O) groups is 1. The van der Waals surface area contributed by atoms with E-state index in [2.05, 4.69) is 5.32 Å². The average molecular weight is 254 g/mol. The van der Waals surface area contributed by atoms with E-state index in [1.807, 2.05) is 0 Å². The van der Waals surface area contributed by atoms with E-state index in [0.29, 0.717) is 18.4 Å². The molecule has 0 spiro atoms. The summed E-state index contributed by atoms with van der Waals surface area (Å²) in [5, 5.41) is 3.11. The molecule has 18 heavy (non-hydrogen) atoms. The molecule has 3 N–H and O–H groups in total. The first-order chi connectivity index (χ1) is 8.81. The van der Waals surface area contributed by atoms with Crippen LogP contribution in [-0.2, 0) is 9.53 Å². The number of hydrogen-bond acceptors (Lipinski definition) is 3. The van der Waals surface area contributed by atoms with Crippen LogP contribution in [0, 0.1) is 17.8 Å². The highest BCUT2D eigenvalue weighted by Gasteiger charge is 2.26. The molecule has 4 heteroatoms. The Hall–Kier alpha value is -0.610. The van der Waals surface area contributed by atoms with Gasteiger partial charge in [-0.15, -0.1) is 0 Å². The summed E-state index contributed by atoms with van der Waals surface area (Å²) >= 11 is 0. The number of nitrogens with two attached hydrogens (primary N) is 1. The molecule has 1 heterocycles. The summed E-state index contributed by atoms with van der Waals surface area (Å²) in [5.41, 5.74) is 5.81. The van der Waals surface area contributed by atoms with Gasteiger partial charge in [-0.2, -0.15) is 0 Å². The SMILES string of the molecule is NCC1CCCCC1CNC(=O)C1CCCOC1. The quantitative estimate of drug-likeness (QED) is 0.794. The van der Waals surface area contributed by atoms with Gasteiger partial charge in [-0.1, -0.05) is 12.8 Å². The van der Waals surface area contributed by atoms with Crippen molar-refractivity contribution >= 4 is 5.91 Å². The van der Waals surface area contributed by atoms with Crippen LogP contribution in [0.1, 0.15) is 38.5 Å². The molecule has 0 bridgehead atoms. The zero-order valence-corrected chi connectivity index (χ0v) is 11.2. The molecule has 3 unspecified atom stereocenters. The van der Waals surface area contributed by atoms with Gasteiger partial charge in [-0.05, 0) is 44.1 Å². The second-order valence-electron chi connectivity index (χ2n) is 5.70. The van der Waals surface area contributed by atoms with Gasteiger partial charge in [-0.3, -0.25) is 4.79 Å². The van der Waals surface area contributed by atoms with E-state index in [1.54, 1.807) is 0 Å². The third kappa shape index (κ3) is 3.69. The predicted octanol–water partition coefficient (Wildman–Crippen LogP) is 1.29. The van der Waals surface area contributed by atoms with Crippen molar-refractivity contribution in [2.24, 2.45) is 23.5 Å². The number of nitrogens with one attached hydrogen (secondary N) is 1. The lowest BCUT2D eigenvalue weighted by molar-refractivity contribution is -0.129. The smallest absolute Gasteiger partial charge is 0.225 e. The molecular formula is C14H26N2O2. The fourth-order valence-electron chi connectivity index (χ4n) is 3.19. The first-order valence-corrected chi connectivity index (χ1v) is 7.36. The molecule has 2 rings (SSSR count). The molecule has 1 aliphatic heterocycles. The minimum absolute atomic E-state index is 0.0682. The average Bonchev–Trinajstić information content (AvgIpc) is 2.46. The molecule has 1 amide bonds. The molecule has 0 aromatic carbocycles. The third-order valence-corrected chi connectivity index (χ3v) is 4.44. The van der Waals surface area contributed by atoms with Crippen molar-refractivity contribution in [2.75, 3.05) is 26.3 Å². The summed E-state index contributed by atoms with van der Waals surface area (Å²) in [6.45, 7) is 2.96. The van der Waals surface area contributed by atoms with Gasteiger partial charge >= 0.3 is 0 Å². The van der Waals surface area contributed by atoms with Crippen molar-refractivity contribution in [1.29, 1.82) is 0 Å². The Morgan fingerprint density at radius 1 is 1.17 bits per heavy atom. The van der Waals surface area contributed by atoms with E-state index < -0.39 is 0 Å². The van der Waals surface area contributed by atoms with Gasteiger partial charge in [0.1, 0.15) is 0 Å². The van der Waals surface area contributed by atoms with Crippen LogP contribution in [0.3, 0.4) is 0 Å². The molecule has 0 aromatic rings. The Morgan fingerprint density at radius 3 is 2.61 bits per heavy atom. The number of amides is 1. The maximum Gasteiger partial charge on any atom is 0.225 e. The number of hydrogen-bond donors (Lipinski definition) is 2. The molecule has 1 saturated carbocycles. The van der Waals surface area contributed by atoms with Crippen molar-refractivity contribution in [2.45, 2.75) is 38.5 Å². The molecule has 3 atom stereocenters. The molecular weight excluding hydrogens is 228 g/mol. The van der Waals surface area contributed by atoms with E-state index in [0.717, 1.165) is 32.5 Å². The first-order valence-electron chi connectivity index (χ1n) is 7.36. The first kappa shape index (κ1) is 13.8. The topological polar surface area (TPSA) is 64.3 Å². The largest absolute Gasteiger partial charge is 0.381 e. The molecule has 1 saturated heterocycles. The number of ether oxygens (including phenoxy) is 1. The van der Waals surface area contributed by atoms with E-state index in [4.69, 9.17) is 10.5 Å². The van der Waals surface area contributed by atoms with Crippen molar-refractivity contribution in [1.82, 2.24) is 5.32 Å². The van der Waals surface area contributed by atoms with Gasteiger partial charge in [0.25, 0.3) is 0 Å². The molecule has 0 aromatic heterocycles. The molecule has 0 radical (unpaired) electrons. The van der Waals surface area contributed by atoms with E-state index in [-0.39, 0.29) is 11.8 Å². The highest BCUT2D eigenvalue weighted by atomic mass is 16.5. The predicted molar refractivity (Wildman–Crippen MR) is 71.1 cm³/mol. The van der Waals surface area contributed by atoms with Gasteiger partial charge in [0.05, 0.1) is 12.5 Å². The van der Waals surface area contributed by atoms with Crippen LogP contribution in [0.4, 0.5) is 0 Å². The summed E-state index contributed by atoms with van der Waals surface area (Å²) in [6, 6.07) is 0. The van der Waals surface area contributed by atoms with Gasteiger partial charge in [-0.25, -0.2) is 0 Å². The van der Waals surface area contributed by atoms with E-state index in [1.165, 1.54) is 25.7 Å². The minimum atomic E-state index is 0.0682. The zero-order valence-electron chi connectivity index (χ0n) is 11.2. The fraction of sp³-hybridized carbons (Fsp3) is 0.929. The van der Waals surface area contributed by atoms with Crippen LogP contribution < -0.4 is 11.1 Å². The Kier molecular flexibility index (Phi) is 5.45. The van der Waals surface area contributed by atoms with Crippen molar-refractivity contribution in [3.8, 4) is 0 Å². The Balaban J connectivity index is 1.73.